The lowest BCUT2D eigenvalue weighted by Gasteiger charge is -2.19. The maximum absolute atomic E-state index is 13.1. The number of carbonyl (C=O) groups is 2. The van der Waals surface area contributed by atoms with Crippen LogP contribution in [0.1, 0.15) is 54.8 Å². The van der Waals surface area contributed by atoms with E-state index in [-0.39, 0.29) is 23.5 Å². The highest BCUT2D eigenvalue weighted by Gasteiger charge is 2.33. The molecule has 2 heterocycles. The summed E-state index contributed by atoms with van der Waals surface area (Å²) >= 11 is 0. The van der Waals surface area contributed by atoms with Crippen LogP contribution in [-0.4, -0.2) is 37.0 Å². The van der Waals surface area contributed by atoms with Crippen molar-refractivity contribution in [2.24, 2.45) is 0 Å². The second kappa shape index (κ2) is 8.79. The van der Waals surface area contributed by atoms with Gasteiger partial charge in [0, 0.05) is 17.7 Å². The van der Waals surface area contributed by atoms with Gasteiger partial charge in [0.2, 0.25) is 5.76 Å². The molecule has 1 N–H and O–H groups in total. The van der Waals surface area contributed by atoms with E-state index < -0.39 is 11.6 Å². The number of rotatable bonds is 6. The molecule has 1 saturated heterocycles. The lowest BCUT2D eigenvalue weighted by atomic mass is 9.88. The van der Waals surface area contributed by atoms with Crippen molar-refractivity contribution >= 4 is 22.7 Å². The molecule has 1 aromatic heterocycles. The number of ether oxygens (including phenoxy) is 2. The monoisotopic (exact) mass is 435 g/mol. The smallest absolute Gasteiger partial charge is 0.374 e. The highest BCUT2D eigenvalue weighted by atomic mass is 16.6. The highest BCUT2D eigenvalue weighted by Crippen LogP contribution is 2.31. The Balaban J connectivity index is 1.48. The number of nitrogens with one attached hydrogen (secondary N) is 1. The van der Waals surface area contributed by atoms with Gasteiger partial charge in [-0.05, 0) is 75.2 Å². The summed E-state index contributed by atoms with van der Waals surface area (Å²) in [6, 6.07) is 15.0. The SMILES string of the molecule is COc1ccc([C@@H]2CCN[C@@H]2C(=O)Cc2ccc3oc(C(=O)OC(C)(C)C)cc3c2)cc1. The van der Waals surface area contributed by atoms with Crippen LogP contribution in [0.15, 0.2) is 52.9 Å². The van der Waals surface area contributed by atoms with Gasteiger partial charge in [0.05, 0.1) is 13.2 Å². The molecule has 32 heavy (non-hydrogen) atoms. The quantitative estimate of drug-likeness (QED) is 0.568. The topological polar surface area (TPSA) is 77.8 Å². The van der Waals surface area contributed by atoms with Crippen LogP contribution in [-0.2, 0) is 16.0 Å². The molecular formula is C26H29NO5. The van der Waals surface area contributed by atoms with Crippen LogP contribution in [0.25, 0.3) is 11.0 Å². The number of carbonyl (C=O) groups excluding carboxylic acids is 2. The van der Waals surface area contributed by atoms with Crippen LogP contribution in [0.4, 0.5) is 0 Å². The number of esters is 1. The van der Waals surface area contributed by atoms with Gasteiger partial charge >= 0.3 is 5.97 Å². The Kier molecular flexibility index (Phi) is 6.07. The summed E-state index contributed by atoms with van der Waals surface area (Å²) in [4.78, 5) is 25.4. The first-order valence-corrected chi connectivity index (χ1v) is 10.9. The van der Waals surface area contributed by atoms with Gasteiger partial charge in [-0.25, -0.2) is 4.79 Å². The van der Waals surface area contributed by atoms with E-state index in [1.807, 2.05) is 57.2 Å². The molecule has 0 radical (unpaired) electrons. The average molecular weight is 436 g/mol. The molecule has 2 atom stereocenters. The third-order valence-electron chi connectivity index (χ3n) is 5.67. The van der Waals surface area contributed by atoms with Crippen molar-refractivity contribution < 1.29 is 23.5 Å². The first-order chi connectivity index (χ1) is 15.2. The van der Waals surface area contributed by atoms with Gasteiger partial charge in [-0.1, -0.05) is 18.2 Å². The van der Waals surface area contributed by atoms with Crippen molar-refractivity contribution in [3.8, 4) is 5.75 Å². The number of fused-ring (bicyclic) bond motifs is 1. The Bertz CT molecular complexity index is 1120. The molecule has 168 valence electrons. The molecule has 1 fully saturated rings. The summed E-state index contributed by atoms with van der Waals surface area (Å²) in [5, 5.41) is 4.15. The molecular weight excluding hydrogens is 406 g/mol. The van der Waals surface area contributed by atoms with Crippen LogP contribution < -0.4 is 10.1 Å². The van der Waals surface area contributed by atoms with E-state index in [0.29, 0.717) is 12.0 Å². The molecule has 6 nitrogen and oxygen atoms in total. The minimum absolute atomic E-state index is 0.143. The summed E-state index contributed by atoms with van der Waals surface area (Å²) in [6.45, 7) is 6.25. The van der Waals surface area contributed by atoms with Crippen molar-refractivity contribution in [3.63, 3.8) is 0 Å². The number of hydrogen-bond donors (Lipinski definition) is 1. The normalized spacial score (nSPS) is 18.6. The second-order valence-electron chi connectivity index (χ2n) is 9.23. The number of hydrogen-bond acceptors (Lipinski definition) is 6. The molecule has 2 aromatic carbocycles. The van der Waals surface area contributed by atoms with Crippen molar-refractivity contribution in [1.82, 2.24) is 5.32 Å². The highest BCUT2D eigenvalue weighted by molar-refractivity contribution is 5.93. The van der Waals surface area contributed by atoms with Crippen LogP contribution in [0.2, 0.25) is 0 Å². The first-order valence-electron chi connectivity index (χ1n) is 10.9. The minimum atomic E-state index is -0.595. The third-order valence-corrected chi connectivity index (χ3v) is 5.67. The molecule has 6 heteroatoms. The predicted molar refractivity (Wildman–Crippen MR) is 122 cm³/mol. The lowest BCUT2D eigenvalue weighted by Crippen LogP contribution is -2.35. The lowest BCUT2D eigenvalue weighted by molar-refractivity contribution is -0.120. The standard InChI is InChI=1S/C26H29NO5/c1-26(2,3)32-25(29)23-15-18-13-16(5-10-22(18)31-23)14-21(28)24-20(11-12-27-24)17-6-8-19(30-4)9-7-17/h5-10,13,15,20,24,27H,11-12,14H2,1-4H3/t20-,24-/m0/s1. The fourth-order valence-electron chi connectivity index (χ4n) is 4.19. The molecule has 1 aliphatic rings. The molecule has 1 aliphatic heterocycles. The first kappa shape index (κ1) is 22.1. The Hall–Kier alpha value is -3.12. The molecule has 0 spiro atoms. The van der Waals surface area contributed by atoms with Crippen LogP contribution in [0.5, 0.6) is 5.75 Å². The van der Waals surface area contributed by atoms with Crippen molar-refractivity contribution in [2.45, 2.75) is 51.2 Å². The van der Waals surface area contributed by atoms with Gasteiger partial charge < -0.3 is 19.2 Å². The fraction of sp³-hybridized carbons (Fsp3) is 0.385. The number of methoxy groups -OCH3 is 1. The van der Waals surface area contributed by atoms with E-state index in [4.69, 9.17) is 13.9 Å². The van der Waals surface area contributed by atoms with E-state index >= 15 is 0 Å². The molecule has 0 saturated carbocycles. The molecule has 4 rings (SSSR count). The number of furan rings is 1. The van der Waals surface area contributed by atoms with Crippen molar-refractivity contribution in [3.05, 3.63) is 65.4 Å². The summed E-state index contributed by atoms with van der Waals surface area (Å²) in [6.07, 6.45) is 1.23. The van der Waals surface area contributed by atoms with E-state index in [2.05, 4.69) is 5.32 Å². The summed E-state index contributed by atoms with van der Waals surface area (Å²) in [5.41, 5.74) is 2.03. The van der Waals surface area contributed by atoms with Gasteiger partial charge in [0.1, 0.15) is 16.9 Å². The summed E-state index contributed by atoms with van der Waals surface area (Å²) in [5.74, 6) is 0.768. The number of Topliss-reactive ketones (excluding diaryl/α,β-unsaturated/α-hetero) is 1. The minimum Gasteiger partial charge on any atom is -0.497 e. The Morgan fingerprint density at radius 3 is 2.53 bits per heavy atom. The zero-order valence-electron chi connectivity index (χ0n) is 18.9. The zero-order chi connectivity index (χ0) is 22.9. The zero-order valence-corrected chi connectivity index (χ0v) is 18.9. The Morgan fingerprint density at radius 2 is 1.84 bits per heavy atom. The largest absolute Gasteiger partial charge is 0.497 e. The summed E-state index contributed by atoms with van der Waals surface area (Å²) in [7, 11) is 1.64. The Morgan fingerprint density at radius 1 is 1.09 bits per heavy atom. The van der Waals surface area contributed by atoms with E-state index in [1.165, 1.54) is 0 Å². The second-order valence-corrected chi connectivity index (χ2v) is 9.23. The molecule has 3 aromatic rings. The van der Waals surface area contributed by atoms with E-state index in [1.54, 1.807) is 19.2 Å². The van der Waals surface area contributed by atoms with Gasteiger partial charge in [-0.15, -0.1) is 0 Å². The number of ketones is 1. The van der Waals surface area contributed by atoms with E-state index in [9.17, 15) is 9.59 Å². The predicted octanol–water partition coefficient (Wildman–Crippen LogP) is 4.65. The van der Waals surface area contributed by atoms with Crippen molar-refractivity contribution in [2.75, 3.05) is 13.7 Å². The van der Waals surface area contributed by atoms with Crippen molar-refractivity contribution in [1.29, 1.82) is 0 Å². The maximum Gasteiger partial charge on any atom is 0.374 e. The Labute approximate surface area is 187 Å². The van der Waals surface area contributed by atoms with Crippen LogP contribution >= 0.6 is 0 Å². The van der Waals surface area contributed by atoms with Crippen LogP contribution in [0.3, 0.4) is 0 Å². The molecule has 0 amide bonds. The summed E-state index contributed by atoms with van der Waals surface area (Å²) < 4.78 is 16.3. The molecule has 0 aliphatic carbocycles. The average Bonchev–Trinajstić information content (AvgIpc) is 3.39. The van der Waals surface area contributed by atoms with E-state index in [0.717, 1.165) is 35.2 Å². The fourth-order valence-corrected chi connectivity index (χ4v) is 4.19. The van der Waals surface area contributed by atoms with Gasteiger partial charge in [0.15, 0.2) is 5.78 Å². The molecule has 0 unspecified atom stereocenters. The van der Waals surface area contributed by atoms with Gasteiger partial charge in [-0.3, -0.25) is 4.79 Å². The third kappa shape index (κ3) is 4.86. The maximum atomic E-state index is 13.1. The van der Waals surface area contributed by atoms with Gasteiger partial charge in [0.25, 0.3) is 0 Å². The van der Waals surface area contributed by atoms with Crippen LogP contribution in [0, 0.1) is 0 Å². The number of benzene rings is 2. The molecule has 0 bridgehead atoms. The van der Waals surface area contributed by atoms with Gasteiger partial charge in [-0.2, -0.15) is 0 Å².